The fraction of sp³-hybridized carbons (Fsp3) is 0.867. The second-order valence-corrected chi connectivity index (χ2v) is 6.91. The van der Waals surface area contributed by atoms with Gasteiger partial charge in [0.05, 0.1) is 6.07 Å². The van der Waals surface area contributed by atoms with Crippen LogP contribution >= 0.6 is 0 Å². The Morgan fingerprint density at radius 3 is 2.63 bits per heavy atom. The van der Waals surface area contributed by atoms with E-state index in [1.165, 1.54) is 0 Å². The molecule has 1 atom stereocenters. The molecule has 0 N–H and O–H groups in total. The SMILES string of the molecule is CC(C)(C)OC(=O)N1C(CCCC#N)CCC1(C)C. The van der Waals surface area contributed by atoms with Crippen LogP contribution in [0.5, 0.6) is 0 Å². The van der Waals surface area contributed by atoms with E-state index in [0.717, 1.165) is 25.7 Å². The predicted molar refractivity (Wildman–Crippen MR) is 74.6 cm³/mol. The van der Waals surface area contributed by atoms with E-state index in [4.69, 9.17) is 10.00 Å². The molecule has 0 aromatic heterocycles. The lowest BCUT2D eigenvalue weighted by Gasteiger charge is -2.37. The van der Waals surface area contributed by atoms with Gasteiger partial charge in [-0.05, 0) is 60.3 Å². The van der Waals surface area contributed by atoms with Crippen LogP contribution in [-0.2, 0) is 4.74 Å². The van der Waals surface area contributed by atoms with Crippen molar-refractivity contribution in [2.75, 3.05) is 0 Å². The second kappa shape index (κ2) is 5.81. The zero-order chi connectivity index (χ0) is 14.7. The third kappa shape index (κ3) is 4.41. The minimum Gasteiger partial charge on any atom is -0.444 e. The molecule has 0 radical (unpaired) electrons. The molecule has 19 heavy (non-hydrogen) atoms. The van der Waals surface area contributed by atoms with Gasteiger partial charge in [0.25, 0.3) is 0 Å². The van der Waals surface area contributed by atoms with E-state index in [9.17, 15) is 4.79 Å². The maximum absolute atomic E-state index is 12.4. The Hall–Kier alpha value is -1.24. The van der Waals surface area contributed by atoms with E-state index in [2.05, 4.69) is 19.9 Å². The van der Waals surface area contributed by atoms with Crippen LogP contribution in [0, 0.1) is 11.3 Å². The molecule has 1 saturated heterocycles. The molecule has 0 aromatic carbocycles. The van der Waals surface area contributed by atoms with Crippen molar-refractivity contribution in [3.05, 3.63) is 0 Å². The summed E-state index contributed by atoms with van der Waals surface area (Å²) >= 11 is 0. The minimum absolute atomic E-state index is 0.153. The normalized spacial score (nSPS) is 22.1. The van der Waals surface area contributed by atoms with E-state index >= 15 is 0 Å². The average Bonchev–Trinajstić information content (AvgIpc) is 2.52. The smallest absolute Gasteiger partial charge is 0.410 e. The number of likely N-dealkylation sites (tertiary alicyclic amines) is 1. The van der Waals surface area contributed by atoms with Gasteiger partial charge in [-0.3, -0.25) is 0 Å². The highest BCUT2D eigenvalue weighted by molar-refractivity contribution is 5.70. The van der Waals surface area contributed by atoms with Crippen LogP contribution in [0.1, 0.15) is 66.7 Å². The summed E-state index contributed by atoms with van der Waals surface area (Å²) in [5.74, 6) is 0. The van der Waals surface area contributed by atoms with Gasteiger partial charge in [-0.15, -0.1) is 0 Å². The minimum atomic E-state index is -0.465. The number of carbonyl (C=O) groups excluding carboxylic acids is 1. The number of carbonyl (C=O) groups is 1. The van der Waals surface area contributed by atoms with Crippen molar-refractivity contribution in [3.8, 4) is 6.07 Å². The molecule has 0 saturated carbocycles. The Labute approximate surface area is 116 Å². The van der Waals surface area contributed by atoms with Crippen molar-refractivity contribution >= 4 is 6.09 Å². The molecule has 108 valence electrons. The first-order valence-electron chi connectivity index (χ1n) is 7.06. The maximum Gasteiger partial charge on any atom is 0.410 e. The van der Waals surface area contributed by atoms with Gasteiger partial charge >= 0.3 is 6.09 Å². The van der Waals surface area contributed by atoms with Crippen LogP contribution in [0.2, 0.25) is 0 Å². The summed E-state index contributed by atoms with van der Waals surface area (Å²) < 4.78 is 5.52. The van der Waals surface area contributed by atoms with Crippen LogP contribution in [0.15, 0.2) is 0 Å². The number of hydrogen-bond donors (Lipinski definition) is 0. The average molecular weight is 266 g/mol. The lowest BCUT2D eigenvalue weighted by atomic mass is 10.0. The van der Waals surface area contributed by atoms with E-state index < -0.39 is 5.60 Å². The Kier molecular flexibility index (Phi) is 4.84. The van der Waals surface area contributed by atoms with Crippen molar-refractivity contribution < 1.29 is 9.53 Å². The molecule has 1 heterocycles. The standard InChI is InChI=1S/C15H26N2O2/c1-14(2,3)19-13(18)17-12(8-6-7-11-16)9-10-15(17,4)5/h12H,6-10H2,1-5H3. The van der Waals surface area contributed by atoms with Gasteiger partial charge in [0.2, 0.25) is 0 Å². The van der Waals surface area contributed by atoms with Crippen LogP contribution in [0.3, 0.4) is 0 Å². The fourth-order valence-corrected chi connectivity index (χ4v) is 2.66. The molecular formula is C15H26N2O2. The molecule has 0 spiro atoms. The first-order valence-corrected chi connectivity index (χ1v) is 7.06. The molecular weight excluding hydrogens is 240 g/mol. The van der Waals surface area contributed by atoms with E-state index in [1.54, 1.807) is 0 Å². The fourth-order valence-electron chi connectivity index (χ4n) is 2.66. The lowest BCUT2D eigenvalue weighted by Crippen LogP contribution is -2.49. The van der Waals surface area contributed by atoms with Crippen molar-refractivity contribution in [2.45, 2.75) is 83.9 Å². The molecule has 1 fully saturated rings. The monoisotopic (exact) mass is 266 g/mol. The molecule has 1 amide bonds. The van der Waals surface area contributed by atoms with Gasteiger partial charge < -0.3 is 9.64 Å². The van der Waals surface area contributed by atoms with Gasteiger partial charge in [-0.2, -0.15) is 5.26 Å². The van der Waals surface area contributed by atoms with Crippen molar-refractivity contribution in [1.82, 2.24) is 4.90 Å². The third-order valence-corrected chi connectivity index (χ3v) is 3.52. The van der Waals surface area contributed by atoms with Gasteiger partial charge in [-0.1, -0.05) is 0 Å². The summed E-state index contributed by atoms with van der Waals surface area (Å²) in [6, 6.07) is 2.37. The zero-order valence-corrected chi connectivity index (χ0v) is 12.8. The van der Waals surface area contributed by atoms with Crippen LogP contribution < -0.4 is 0 Å². The lowest BCUT2D eigenvalue weighted by molar-refractivity contribution is 0.00291. The summed E-state index contributed by atoms with van der Waals surface area (Å²) in [4.78, 5) is 14.2. The molecule has 4 nitrogen and oxygen atoms in total. The first-order chi connectivity index (χ1) is 8.67. The Morgan fingerprint density at radius 1 is 1.47 bits per heavy atom. The first kappa shape index (κ1) is 15.8. The number of unbranched alkanes of at least 4 members (excludes halogenated alkanes) is 1. The van der Waals surface area contributed by atoms with E-state index in [1.807, 2.05) is 25.7 Å². The van der Waals surface area contributed by atoms with Gasteiger partial charge in [0, 0.05) is 18.0 Å². The zero-order valence-electron chi connectivity index (χ0n) is 12.8. The van der Waals surface area contributed by atoms with Crippen LogP contribution in [0.4, 0.5) is 4.79 Å². The van der Waals surface area contributed by atoms with Gasteiger partial charge in [-0.25, -0.2) is 4.79 Å². The largest absolute Gasteiger partial charge is 0.444 e. The molecule has 4 heteroatoms. The molecule has 1 rings (SSSR count). The van der Waals surface area contributed by atoms with Crippen molar-refractivity contribution in [1.29, 1.82) is 5.26 Å². The van der Waals surface area contributed by atoms with Crippen molar-refractivity contribution in [2.24, 2.45) is 0 Å². The summed E-state index contributed by atoms with van der Waals surface area (Å²) in [7, 11) is 0. The van der Waals surface area contributed by atoms with Gasteiger partial charge in [0.1, 0.15) is 5.60 Å². The molecule has 0 aliphatic carbocycles. The summed E-state index contributed by atoms with van der Waals surface area (Å²) in [5, 5.41) is 8.62. The van der Waals surface area contributed by atoms with Crippen LogP contribution in [-0.4, -0.2) is 28.2 Å². The molecule has 0 bridgehead atoms. The van der Waals surface area contributed by atoms with Gasteiger partial charge in [0.15, 0.2) is 0 Å². The number of nitrogens with zero attached hydrogens (tertiary/aromatic N) is 2. The Morgan fingerprint density at radius 2 is 2.11 bits per heavy atom. The summed E-state index contributed by atoms with van der Waals surface area (Å²) in [6.45, 7) is 9.83. The topological polar surface area (TPSA) is 53.3 Å². The Bertz CT molecular complexity index is 363. The van der Waals surface area contributed by atoms with E-state index in [-0.39, 0.29) is 17.7 Å². The van der Waals surface area contributed by atoms with Crippen molar-refractivity contribution in [3.63, 3.8) is 0 Å². The summed E-state index contributed by atoms with van der Waals surface area (Å²) in [5.41, 5.74) is -0.618. The molecule has 1 unspecified atom stereocenters. The highest BCUT2D eigenvalue weighted by atomic mass is 16.6. The third-order valence-electron chi connectivity index (χ3n) is 3.52. The molecule has 0 aromatic rings. The quantitative estimate of drug-likeness (QED) is 0.729. The maximum atomic E-state index is 12.4. The Balaban J connectivity index is 2.73. The number of rotatable bonds is 3. The van der Waals surface area contributed by atoms with Crippen LogP contribution in [0.25, 0.3) is 0 Å². The highest BCUT2D eigenvalue weighted by Crippen LogP contribution is 2.36. The molecule has 1 aliphatic heterocycles. The number of amides is 1. The number of ether oxygens (including phenoxy) is 1. The predicted octanol–water partition coefficient (Wildman–Crippen LogP) is 3.86. The number of hydrogen-bond acceptors (Lipinski definition) is 3. The number of nitriles is 1. The highest BCUT2D eigenvalue weighted by Gasteiger charge is 2.43. The summed E-state index contributed by atoms with van der Waals surface area (Å²) in [6.07, 6.45) is 4.05. The van der Waals surface area contributed by atoms with E-state index in [0.29, 0.717) is 6.42 Å². The molecule has 1 aliphatic rings. The second-order valence-electron chi connectivity index (χ2n) is 6.91.